The summed E-state index contributed by atoms with van der Waals surface area (Å²) in [5.41, 5.74) is 1.97. The molecule has 1 aliphatic heterocycles. The monoisotopic (exact) mass is 345 g/mol. The molecule has 0 aromatic carbocycles. The molecule has 0 saturated carbocycles. The van der Waals surface area contributed by atoms with Crippen LogP contribution in [0.2, 0.25) is 0 Å². The van der Waals surface area contributed by atoms with Gasteiger partial charge in [0, 0.05) is 38.3 Å². The lowest BCUT2D eigenvalue weighted by Gasteiger charge is -2.20. The van der Waals surface area contributed by atoms with Gasteiger partial charge in [0.2, 0.25) is 5.91 Å². The van der Waals surface area contributed by atoms with E-state index in [1.165, 1.54) is 6.42 Å². The third-order valence-corrected chi connectivity index (χ3v) is 4.26. The van der Waals surface area contributed by atoms with E-state index in [4.69, 9.17) is 0 Å². The summed E-state index contributed by atoms with van der Waals surface area (Å²) < 4.78 is 0. The molecule has 0 unspecified atom stereocenters. The van der Waals surface area contributed by atoms with Crippen molar-refractivity contribution >= 4 is 11.9 Å². The quantitative estimate of drug-likeness (QED) is 0.452. The van der Waals surface area contributed by atoms with E-state index in [-0.39, 0.29) is 0 Å². The number of carbonyl (C=O) groups excluding carboxylic acids is 1. The van der Waals surface area contributed by atoms with Crippen molar-refractivity contribution in [3.8, 4) is 0 Å². The molecule has 2 heterocycles. The Bertz CT molecular complexity index is 573. The van der Waals surface area contributed by atoms with E-state index in [0.717, 1.165) is 62.8 Å². The number of carbonyl (C=O) groups is 1. The molecule has 1 aliphatic rings. The second-order valence-electron chi connectivity index (χ2n) is 6.44. The lowest BCUT2D eigenvalue weighted by Crippen LogP contribution is -2.39. The highest BCUT2D eigenvalue weighted by Gasteiger charge is 2.15. The summed E-state index contributed by atoms with van der Waals surface area (Å²) in [6.45, 7) is 7.95. The Morgan fingerprint density at radius 3 is 2.96 bits per heavy atom. The predicted molar refractivity (Wildman–Crippen MR) is 101 cm³/mol. The molecule has 0 bridgehead atoms. The minimum Gasteiger partial charge on any atom is -0.357 e. The fourth-order valence-corrected chi connectivity index (χ4v) is 2.94. The van der Waals surface area contributed by atoms with Crippen LogP contribution in [0.1, 0.15) is 50.4 Å². The van der Waals surface area contributed by atoms with E-state index < -0.39 is 0 Å². The number of nitrogens with one attached hydrogen (secondary N) is 2. The number of hydrogen-bond donors (Lipinski definition) is 2. The highest BCUT2D eigenvalue weighted by molar-refractivity contribution is 5.79. The van der Waals surface area contributed by atoms with Crippen LogP contribution in [0.25, 0.3) is 0 Å². The van der Waals surface area contributed by atoms with E-state index in [1.54, 1.807) is 0 Å². The van der Waals surface area contributed by atoms with Crippen LogP contribution in [-0.4, -0.2) is 47.9 Å². The molecule has 0 aliphatic carbocycles. The molecule has 1 amide bonds. The molecule has 0 spiro atoms. The summed E-state index contributed by atoms with van der Waals surface area (Å²) in [6.07, 6.45) is 4.98. The first kappa shape index (κ1) is 19.2. The van der Waals surface area contributed by atoms with Gasteiger partial charge < -0.3 is 15.5 Å². The maximum Gasteiger partial charge on any atom is 0.222 e. The number of pyridine rings is 1. The average molecular weight is 345 g/mol. The molecule has 6 heteroatoms. The summed E-state index contributed by atoms with van der Waals surface area (Å²) in [7, 11) is 0. The van der Waals surface area contributed by atoms with E-state index in [9.17, 15) is 4.79 Å². The van der Waals surface area contributed by atoms with Gasteiger partial charge in [-0.2, -0.15) is 0 Å². The Labute approximate surface area is 151 Å². The molecular formula is C19H31N5O. The lowest BCUT2D eigenvalue weighted by molar-refractivity contribution is -0.130. The molecule has 2 N–H and O–H groups in total. The number of aliphatic imine (C=N–C) groups is 1. The standard InChI is InChI=1S/C19H31N5O/c1-3-20-19(22-15-17-10-7-9-16(2)23-17)21-12-8-14-24-13-6-4-5-11-18(24)25/h7,9-10H,3-6,8,11-15H2,1-2H3,(H2,20,21,22). The number of amides is 1. The SMILES string of the molecule is CCNC(=NCc1cccc(C)n1)NCCCN1CCCCCC1=O. The van der Waals surface area contributed by atoms with Gasteiger partial charge in [-0.3, -0.25) is 9.78 Å². The van der Waals surface area contributed by atoms with Crippen molar-refractivity contribution in [3.63, 3.8) is 0 Å². The Kier molecular flexibility index (Phi) is 8.22. The average Bonchev–Trinajstić information content (AvgIpc) is 2.81. The molecule has 0 atom stereocenters. The fraction of sp³-hybridized carbons (Fsp3) is 0.632. The van der Waals surface area contributed by atoms with E-state index >= 15 is 0 Å². The van der Waals surface area contributed by atoms with Crippen molar-refractivity contribution in [2.75, 3.05) is 26.2 Å². The van der Waals surface area contributed by atoms with Crippen molar-refractivity contribution in [2.24, 2.45) is 4.99 Å². The first-order chi connectivity index (χ1) is 12.2. The molecule has 1 saturated heterocycles. The summed E-state index contributed by atoms with van der Waals surface area (Å²) in [6, 6.07) is 5.98. The molecule has 138 valence electrons. The zero-order chi connectivity index (χ0) is 17.9. The zero-order valence-electron chi connectivity index (χ0n) is 15.6. The van der Waals surface area contributed by atoms with Crippen molar-refractivity contribution in [3.05, 3.63) is 29.6 Å². The van der Waals surface area contributed by atoms with Crippen molar-refractivity contribution < 1.29 is 4.79 Å². The molecule has 1 aromatic heterocycles. The number of aryl methyl sites for hydroxylation is 1. The lowest BCUT2D eigenvalue weighted by atomic mass is 10.2. The van der Waals surface area contributed by atoms with Gasteiger partial charge in [-0.1, -0.05) is 12.5 Å². The van der Waals surface area contributed by atoms with E-state index in [0.29, 0.717) is 18.9 Å². The van der Waals surface area contributed by atoms with E-state index in [1.807, 2.05) is 30.0 Å². The maximum absolute atomic E-state index is 12.0. The third-order valence-electron chi connectivity index (χ3n) is 4.26. The Balaban J connectivity index is 1.76. The van der Waals surface area contributed by atoms with Crippen LogP contribution in [-0.2, 0) is 11.3 Å². The maximum atomic E-state index is 12.0. The third kappa shape index (κ3) is 7.11. The van der Waals surface area contributed by atoms with Gasteiger partial charge in [-0.15, -0.1) is 0 Å². The topological polar surface area (TPSA) is 69.6 Å². The first-order valence-electron chi connectivity index (χ1n) is 9.41. The minimum absolute atomic E-state index is 0.309. The molecule has 1 aromatic rings. The van der Waals surface area contributed by atoms with Crippen LogP contribution >= 0.6 is 0 Å². The van der Waals surface area contributed by atoms with Crippen molar-refractivity contribution in [1.82, 2.24) is 20.5 Å². The van der Waals surface area contributed by atoms with Crippen LogP contribution in [0.15, 0.2) is 23.2 Å². The van der Waals surface area contributed by atoms with Crippen LogP contribution in [0.3, 0.4) is 0 Å². The van der Waals surface area contributed by atoms with Crippen LogP contribution in [0.4, 0.5) is 0 Å². The van der Waals surface area contributed by atoms with Gasteiger partial charge in [-0.05, 0) is 45.2 Å². The summed E-state index contributed by atoms with van der Waals surface area (Å²) >= 11 is 0. The highest BCUT2D eigenvalue weighted by Crippen LogP contribution is 2.11. The van der Waals surface area contributed by atoms with E-state index in [2.05, 4.69) is 27.5 Å². The number of nitrogens with zero attached hydrogens (tertiary/aromatic N) is 3. The Morgan fingerprint density at radius 1 is 1.28 bits per heavy atom. The highest BCUT2D eigenvalue weighted by atomic mass is 16.2. The van der Waals surface area contributed by atoms with Crippen LogP contribution in [0, 0.1) is 6.92 Å². The fourth-order valence-electron chi connectivity index (χ4n) is 2.94. The van der Waals surface area contributed by atoms with Gasteiger partial charge >= 0.3 is 0 Å². The first-order valence-corrected chi connectivity index (χ1v) is 9.41. The molecule has 25 heavy (non-hydrogen) atoms. The minimum atomic E-state index is 0.309. The van der Waals surface area contributed by atoms with Gasteiger partial charge in [-0.25, -0.2) is 4.99 Å². The molecular weight excluding hydrogens is 314 g/mol. The second-order valence-corrected chi connectivity index (χ2v) is 6.44. The normalized spacial score (nSPS) is 15.8. The molecule has 6 nitrogen and oxygen atoms in total. The molecule has 1 fully saturated rings. The number of guanidine groups is 1. The number of aromatic nitrogens is 1. The van der Waals surface area contributed by atoms with Gasteiger partial charge in [0.15, 0.2) is 5.96 Å². The smallest absolute Gasteiger partial charge is 0.222 e. The van der Waals surface area contributed by atoms with Gasteiger partial charge in [0.1, 0.15) is 0 Å². The number of likely N-dealkylation sites (tertiary alicyclic amines) is 1. The predicted octanol–water partition coefficient (Wildman–Crippen LogP) is 2.24. The Hall–Kier alpha value is -2.11. The number of hydrogen-bond acceptors (Lipinski definition) is 3. The summed E-state index contributed by atoms with van der Waals surface area (Å²) in [5.74, 6) is 1.11. The van der Waals surface area contributed by atoms with Gasteiger partial charge in [0.05, 0.1) is 12.2 Å². The molecule has 2 rings (SSSR count). The Morgan fingerprint density at radius 2 is 2.16 bits per heavy atom. The largest absolute Gasteiger partial charge is 0.357 e. The van der Waals surface area contributed by atoms with Gasteiger partial charge in [0.25, 0.3) is 0 Å². The van der Waals surface area contributed by atoms with Crippen molar-refractivity contribution in [2.45, 2.75) is 52.5 Å². The van der Waals surface area contributed by atoms with Crippen LogP contribution < -0.4 is 10.6 Å². The molecule has 0 radical (unpaired) electrons. The zero-order valence-corrected chi connectivity index (χ0v) is 15.6. The second kappa shape index (κ2) is 10.7. The number of rotatable bonds is 7. The van der Waals surface area contributed by atoms with Crippen molar-refractivity contribution in [1.29, 1.82) is 0 Å². The summed E-state index contributed by atoms with van der Waals surface area (Å²) in [5, 5.41) is 6.60. The van der Waals surface area contributed by atoms with Crippen LogP contribution in [0.5, 0.6) is 0 Å². The summed E-state index contributed by atoms with van der Waals surface area (Å²) in [4.78, 5) is 23.1.